The van der Waals surface area contributed by atoms with E-state index in [-0.39, 0.29) is 35.9 Å². The number of allylic oxidation sites excluding steroid dienone is 1. The lowest BCUT2D eigenvalue weighted by Gasteiger charge is -2.23. The number of hydrogen-bond donors (Lipinski definition) is 4. The molecular weight excluding hydrogens is 624 g/mol. The Morgan fingerprint density at radius 1 is 1.09 bits per heavy atom. The average Bonchev–Trinajstić information content (AvgIpc) is 3.63. The van der Waals surface area contributed by atoms with E-state index in [0.29, 0.717) is 59.3 Å². The predicted molar refractivity (Wildman–Crippen MR) is 184 cm³/mol. The van der Waals surface area contributed by atoms with Gasteiger partial charge in [-0.25, -0.2) is 4.79 Å². The van der Waals surface area contributed by atoms with Gasteiger partial charge in [0.25, 0.3) is 0 Å². The van der Waals surface area contributed by atoms with Crippen molar-refractivity contribution < 1.29 is 33.7 Å². The summed E-state index contributed by atoms with van der Waals surface area (Å²) in [6, 6.07) is 5.25. The number of carbonyl (C=O) groups is 2. The third-order valence-corrected chi connectivity index (χ3v) is 10.1. The minimum atomic E-state index is -0.383. The second-order valence-corrected chi connectivity index (χ2v) is 13.4. The molecule has 2 amide bonds. The number of unbranched alkanes of at least 4 members (excludes halogenated alkanes) is 4. The van der Waals surface area contributed by atoms with Crippen molar-refractivity contribution in [3.8, 4) is 11.5 Å². The smallest absolute Gasteiger partial charge is 0.315 e. The van der Waals surface area contributed by atoms with E-state index in [9.17, 15) is 19.7 Å². The Morgan fingerprint density at radius 3 is 2.57 bits per heavy atom. The predicted octanol–water partition coefficient (Wildman–Crippen LogP) is 7.30. The number of anilines is 1. The van der Waals surface area contributed by atoms with Crippen LogP contribution in [0, 0.1) is 4.91 Å². The Hall–Kier alpha value is -3.55. The molecule has 2 heterocycles. The average molecular weight is 673 g/mol. The van der Waals surface area contributed by atoms with Gasteiger partial charge in [-0.1, -0.05) is 24.5 Å². The highest BCUT2D eigenvalue weighted by Crippen LogP contribution is 2.48. The van der Waals surface area contributed by atoms with Gasteiger partial charge in [0, 0.05) is 29.6 Å². The number of nitrogens with zero attached hydrogens (tertiary/aromatic N) is 1. The van der Waals surface area contributed by atoms with E-state index in [1.54, 1.807) is 6.07 Å². The number of thioether (sulfide) groups is 1. The van der Waals surface area contributed by atoms with Crippen molar-refractivity contribution in [2.45, 2.75) is 95.1 Å². The van der Waals surface area contributed by atoms with Crippen LogP contribution in [0.4, 0.5) is 16.2 Å². The van der Waals surface area contributed by atoms with Crippen molar-refractivity contribution in [2.24, 2.45) is 5.18 Å². The van der Waals surface area contributed by atoms with Gasteiger partial charge in [-0.3, -0.25) is 15.5 Å². The lowest BCUT2D eigenvalue weighted by molar-refractivity contribution is -0.143. The summed E-state index contributed by atoms with van der Waals surface area (Å²) in [5.74, 6) is 1.67. The molecule has 0 saturated carbocycles. The van der Waals surface area contributed by atoms with Gasteiger partial charge in [0.1, 0.15) is 17.2 Å². The summed E-state index contributed by atoms with van der Waals surface area (Å²) in [5, 5.41) is 20.2. The normalized spacial score (nSPS) is 19.0. The molecule has 2 aliphatic heterocycles. The Balaban J connectivity index is 1.22. The van der Waals surface area contributed by atoms with E-state index in [1.165, 1.54) is 20.3 Å². The first-order valence-corrected chi connectivity index (χ1v) is 17.4. The van der Waals surface area contributed by atoms with Gasteiger partial charge in [0.15, 0.2) is 0 Å². The number of fused-ring (bicyclic) bond motifs is 2. The minimum Gasteiger partial charge on any atom is -0.496 e. The second-order valence-electron chi connectivity index (χ2n) is 12.2. The van der Waals surface area contributed by atoms with E-state index in [1.807, 2.05) is 31.7 Å². The zero-order valence-electron chi connectivity index (χ0n) is 27.8. The van der Waals surface area contributed by atoms with Gasteiger partial charge in [-0.05, 0) is 75.7 Å². The molecule has 0 aromatic heterocycles. The quantitative estimate of drug-likeness (QED) is 0.0281. The molecule has 2 aromatic rings. The molecule has 0 aliphatic carbocycles. The number of urea groups is 1. The maximum atomic E-state index is 12.2. The number of hydrogen-bond acceptors (Lipinski definition) is 11. The number of methoxy groups -OCH3 is 2. The van der Waals surface area contributed by atoms with E-state index >= 15 is 0 Å². The number of ether oxygens (including phenoxy) is 4. The Bertz CT molecular complexity index is 1420. The second kappa shape index (κ2) is 18.1. The molecule has 47 heavy (non-hydrogen) atoms. The molecule has 0 bridgehead atoms. The molecule has 2 saturated heterocycles. The number of rotatable bonds is 20. The first kappa shape index (κ1) is 36.3. The molecule has 4 N–H and O–H groups in total. The van der Waals surface area contributed by atoms with Crippen LogP contribution >= 0.6 is 11.8 Å². The van der Waals surface area contributed by atoms with Crippen LogP contribution < -0.4 is 25.6 Å². The number of benzene rings is 2. The van der Waals surface area contributed by atoms with Gasteiger partial charge < -0.3 is 29.6 Å². The van der Waals surface area contributed by atoms with Gasteiger partial charge in [-0.2, -0.15) is 11.8 Å². The van der Waals surface area contributed by atoms with Gasteiger partial charge in [-0.15, -0.1) is 4.91 Å². The monoisotopic (exact) mass is 672 g/mol. The van der Waals surface area contributed by atoms with Crippen molar-refractivity contribution in [1.82, 2.24) is 10.6 Å². The van der Waals surface area contributed by atoms with Crippen molar-refractivity contribution in [2.75, 3.05) is 38.7 Å². The first-order chi connectivity index (χ1) is 22.8. The molecule has 13 heteroatoms. The number of amides is 2. The summed E-state index contributed by atoms with van der Waals surface area (Å²) in [4.78, 5) is 35.5. The van der Waals surface area contributed by atoms with Crippen LogP contribution in [0.15, 0.2) is 35.0 Å². The van der Waals surface area contributed by atoms with Gasteiger partial charge in [0.2, 0.25) is 0 Å². The zero-order chi connectivity index (χ0) is 33.8. The zero-order valence-corrected chi connectivity index (χ0v) is 28.6. The van der Waals surface area contributed by atoms with E-state index < -0.39 is 0 Å². The molecule has 2 aliphatic rings. The standard InChI is InChI=1S/C34H48N4O8S/c1-21(2)13-16-26(22-19-27(43-3)30-23(37-41)14-15-24(38-42)31(30)33(22)44-4)45-17-9-5-6-10-18-46-29(39)12-8-7-11-28-32-25(20-47-28)35-34(40)36-32/h13-15,19,25-26,28,32,37,41H,5-12,16-18,20H2,1-4H3,(H2,35,36,40)/t25?,26-,28+,32?/m0/s1. The molecular formula is C34H48N4O8S. The van der Waals surface area contributed by atoms with Crippen LogP contribution in [-0.4, -0.2) is 67.7 Å². The fourth-order valence-electron chi connectivity index (χ4n) is 6.22. The van der Waals surface area contributed by atoms with Crippen LogP contribution in [0.5, 0.6) is 11.5 Å². The third kappa shape index (κ3) is 9.51. The topological polar surface area (TPSA) is 157 Å². The molecule has 258 valence electrons. The highest BCUT2D eigenvalue weighted by molar-refractivity contribution is 8.00. The third-order valence-electron chi connectivity index (χ3n) is 8.61. The van der Waals surface area contributed by atoms with Gasteiger partial charge >= 0.3 is 12.0 Å². The van der Waals surface area contributed by atoms with E-state index in [4.69, 9.17) is 18.9 Å². The summed E-state index contributed by atoms with van der Waals surface area (Å²) in [7, 11) is 3.06. The number of carbonyl (C=O) groups excluding carboxylic acids is 2. The molecule has 2 fully saturated rings. The highest BCUT2D eigenvalue weighted by atomic mass is 32.2. The Morgan fingerprint density at radius 2 is 1.87 bits per heavy atom. The first-order valence-electron chi connectivity index (χ1n) is 16.4. The maximum absolute atomic E-state index is 12.2. The molecule has 0 spiro atoms. The summed E-state index contributed by atoms with van der Waals surface area (Å²) in [6.45, 7) is 4.96. The number of nitrogens with one attached hydrogen (secondary N) is 3. The van der Waals surface area contributed by atoms with Crippen LogP contribution in [0.25, 0.3) is 10.8 Å². The fraction of sp³-hybridized carbons (Fsp3) is 0.588. The summed E-state index contributed by atoms with van der Waals surface area (Å²) < 4.78 is 23.4. The summed E-state index contributed by atoms with van der Waals surface area (Å²) in [6.07, 6.45) is 8.87. The van der Waals surface area contributed by atoms with Crippen LogP contribution in [0.1, 0.15) is 83.3 Å². The van der Waals surface area contributed by atoms with E-state index in [2.05, 4.69) is 27.4 Å². The largest absolute Gasteiger partial charge is 0.496 e. The van der Waals surface area contributed by atoms with E-state index in [0.717, 1.165) is 61.8 Å². The van der Waals surface area contributed by atoms with Gasteiger partial charge in [0.05, 0.1) is 55.5 Å². The maximum Gasteiger partial charge on any atom is 0.315 e. The summed E-state index contributed by atoms with van der Waals surface area (Å²) >= 11 is 1.89. The minimum absolute atomic E-state index is 0.0718. The number of esters is 1. The lowest BCUT2D eigenvalue weighted by Crippen LogP contribution is -2.36. The molecule has 4 rings (SSSR count). The molecule has 0 radical (unpaired) electrons. The van der Waals surface area contributed by atoms with Crippen LogP contribution in [0.2, 0.25) is 0 Å². The van der Waals surface area contributed by atoms with Crippen LogP contribution in [0.3, 0.4) is 0 Å². The molecule has 12 nitrogen and oxygen atoms in total. The van der Waals surface area contributed by atoms with Crippen molar-refractivity contribution in [3.05, 3.63) is 40.3 Å². The highest BCUT2D eigenvalue weighted by Gasteiger charge is 2.42. The SMILES string of the molecule is COc1cc([C@H](CC=C(C)C)OCCCCCCOC(=O)CCCC[C@H]2SCC3NC(=O)NC32)c(OC)c2c(N=O)ccc(NO)c12. The fourth-order valence-corrected chi connectivity index (χ4v) is 7.76. The molecule has 2 unspecified atom stereocenters. The number of nitroso groups, excluding NO2 is 1. The molecule has 2 aromatic carbocycles. The summed E-state index contributed by atoms with van der Waals surface area (Å²) in [5.41, 5.74) is 4.56. The van der Waals surface area contributed by atoms with Crippen molar-refractivity contribution in [3.63, 3.8) is 0 Å². The van der Waals surface area contributed by atoms with Crippen molar-refractivity contribution in [1.29, 1.82) is 0 Å². The van der Waals surface area contributed by atoms with Crippen LogP contribution in [-0.2, 0) is 14.3 Å². The Labute approximate surface area is 280 Å². The van der Waals surface area contributed by atoms with Crippen molar-refractivity contribution >= 4 is 45.9 Å². The lowest BCUT2D eigenvalue weighted by atomic mass is 9.96. The Kier molecular flexibility index (Phi) is 14.0. The molecule has 4 atom stereocenters.